The number of likely N-dealkylation sites (tertiary alicyclic amines) is 2. The van der Waals surface area contributed by atoms with Crippen molar-refractivity contribution in [1.82, 2.24) is 34.9 Å². The minimum absolute atomic E-state index is 0.161. The van der Waals surface area contributed by atoms with Gasteiger partial charge in [-0.1, -0.05) is 61.7 Å². The number of carbonyl (C=O) groups excluding carboxylic acids is 2. The Morgan fingerprint density at radius 1 is 0.753 bits per heavy atom. The van der Waals surface area contributed by atoms with Gasteiger partial charge in [0.05, 0.1) is 95.6 Å². The summed E-state index contributed by atoms with van der Waals surface area (Å²) >= 11 is 0. The topological polar surface area (TPSA) is 167 Å². The monoisotopic (exact) mass is 1060 g/mol. The smallest absolute Gasteiger partial charge is 0.226 e. The van der Waals surface area contributed by atoms with Gasteiger partial charge in [-0.3, -0.25) is 9.59 Å². The van der Waals surface area contributed by atoms with E-state index in [1.54, 1.807) is 0 Å². The number of carbonyl (C=O) groups is 2. The summed E-state index contributed by atoms with van der Waals surface area (Å²) in [6.45, 7) is 11.5. The number of hydrogen-bond donors (Lipinski definition) is 2. The maximum Gasteiger partial charge on any atom is 0.226 e. The van der Waals surface area contributed by atoms with Crippen LogP contribution in [0.3, 0.4) is 0 Å². The number of nitrogens with zero attached hydrogens (tertiary/aromatic N) is 7. The third-order valence-corrected chi connectivity index (χ3v) is 16.3. The number of likely N-dealkylation sites (N-methyl/N-ethyl adjacent to an activating group) is 1. The number of benzene rings is 2. The van der Waals surface area contributed by atoms with Gasteiger partial charge in [-0.25, -0.2) is 14.6 Å². The molecule has 17 heteroatoms. The number of piperidine rings is 1. The maximum atomic E-state index is 14.3. The molecule has 77 heavy (non-hydrogen) atoms. The minimum Gasteiger partial charge on any atom is -0.491 e. The molecule has 2 aliphatic carbocycles. The molecule has 8 rings (SSSR count). The molecule has 0 spiro atoms. The van der Waals surface area contributed by atoms with Crippen molar-refractivity contribution in [2.24, 2.45) is 17.8 Å². The van der Waals surface area contributed by atoms with E-state index in [1.165, 1.54) is 30.4 Å². The Balaban J connectivity index is 0.604. The van der Waals surface area contributed by atoms with Gasteiger partial charge in [-0.2, -0.15) is 5.10 Å². The summed E-state index contributed by atoms with van der Waals surface area (Å²) < 4.78 is 36.9. The quantitative estimate of drug-likeness (QED) is 0.0460. The lowest BCUT2D eigenvalue weighted by atomic mass is 9.76. The van der Waals surface area contributed by atoms with Gasteiger partial charge >= 0.3 is 0 Å². The summed E-state index contributed by atoms with van der Waals surface area (Å²) in [5.74, 6) is 3.58. The van der Waals surface area contributed by atoms with Gasteiger partial charge in [0.15, 0.2) is 0 Å². The van der Waals surface area contributed by atoms with Crippen LogP contribution in [0.4, 0.5) is 11.8 Å². The molecular weight excluding hydrogens is 975 g/mol. The van der Waals surface area contributed by atoms with E-state index < -0.39 is 0 Å². The summed E-state index contributed by atoms with van der Waals surface area (Å²) in [4.78, 5) is 43.7. The molecule has 4 aliphatic rings. The van der Waals surface area contributed by atoms with Crippen LogP contribution < -0.4 is 20.3 Å². The van der Waals surface area contributed by atoms with Crippen molar-refractivity contribution in [2.45, 2.75) is 121 Å². The Kier molecular flexibility index (Phi) is 23.4. The van der Waals surface area contributed by atoms with E-state index in [4.69, 9.17) is 38.5 Å². The predicted molar refractivity (Wildman–Crippen MR) is 301 cm³/mol. The SMILES string of the molecule is CN[C@@H](C)C(=O)C[C@H](C(=O)N1CC[C@@H]2CCN(CCc3ccc(OCCOCCOCCOCCOCCO[C@H]4CC[C@H](Nc5nccc(-c6cnn(Cc7ccccc7)c6N(C)C)n5)CC4)cc3)C[C@@H]21)C1CCCCC1. The van der Waals surface area contributed by atoms with Crippen LogP contribution >= 0.6 is 0 Å². The normalized spacial score (nSPS) is 20.9. The molecule has 0 radical (unpaired) electrons. The standard InChI is InChI=1S/C60H89N9O8/c1-45(61-2)57(70)41-53(48-13-9-6-10-14-48)59(71)68-30-26-49-25-29-67(44-56(49)68)28-24-46-15-19-51(20-16-46)76-39-37-74-35-33-72-31-32-73-34-36-75-38-40-77-52-21-17-50(18-22-52)64-60-62-27-23-55(65-60)54-42-63-69(58(54)66(3)4)43-47-11-7-5-8-12-47/h5,7-8,11-12,15-16,19-20,23,27,42,45,48-50,52-53,56,61H,6,9-10,13-14,17-18,21-22,24-26,28-41,43-44H2,1-4H3,(H,62,64,65)/t45-,49-,50-,52-,53-,56-/m0/s1. The van der Waals surface area contributed by atoms with Gasteiger partial charge in [0.2, 0.25) is 11.9 Å². The molecule has 4 heterocycles. The van der Waals surface area contributed by atoms with Crippen molar-refractivity contribution in [3.8, 4) is 17.0 Å². The zero-order valence-electron chi connectivity index (χ0n) is 46.7. The first kappa shape index (κ1) is 58.1. The maximum absolute atomic E-state index is 14.3. The fourth-order valence-electron chi connectivity index (χ4n) is 11.8. The number of Topliss-reactive ketones (excluding diaryl/α,β-unsaturated/α-hetero) is 1. The molecule has 2 N–H and O–H groups in total. The van der Waals surface area contributed by atoms with Crippen LogP contribution in [0.25, 0.3) is 11.3 Å². The molecule has 17 nitrogen and oxygen atoms in total. The number of rotatable bonds is 32. The largest absolute Gasteiger partial charge is 0.491 e. The summed E-state index contributed by atoms with van der Waals surface area (Å²) in [7, 11) is 5.90. The highest BCUT2D eigenvalue weighted by Gasteiger charge is 2.44. The van der Waals surface area contributed by atoms with Gasteiger partial charge in [0, 0.05) is 64.3 Å². The summed E-state index contributed by atoms with van der Waals surface area (Å²) in [5.41, 5.74) is 4.29. The molecule has 4 atom stereocenters. The Hall–Kier alpha value is -5.01. The second-order valence-corrected chi connectivity index (χ2v) is 21.8. The molecule has 1 amide bonds. The molecule has 2 aromatic carbocycles. The highest BCUT2D eigenvalue weighted by molar-refractivity contribution is 5.90. The Morgan fingerprint density at radius 3 is 2.12 bits per heavy atom. The molecule has 2 saturated heterocycles. The van der Waals surface area contributed by atoms with Crippen molar-refractivity contribution in [1.29, 1.82) is 0 Å². The first-order valence-electron chi connectivity index (χ1n) is 29.0. The van der Waals surface area contributed by atoms with Crippen molar-refractivity contribution in [2.75, 3.05) is 124 Å². The number of aromatic nitrogens is 4. The van der Waals surface area contributed by atoms with Crippen LogP contribution in [-0.4, -0.2) is 179 Å². The lowest BCUT2D eigenvalue weighted by Gasteiger charge is -2.40. The Bertz CT molecular complexity index is 2340. The third-order valence-electron chi connectivity index (χ3n) is 16.3. The zero-order chi connectivity index (χ0) is 53.6. The van der Waals surface area contributed by atoms with Gasteiger partial charge in [0.1, 0.15) is 24.0 Å². The average molecular weight is 1060 g/mol. The number of ketones is 1. The Labute approximate surface area is 458 Å². The number of hydrogen-bond acceptors (Lipinski definition) is 15. The van der Waals surface area contributed by atoms with E-state index in [0.29, 0.717) is 103 Å². The number of anilines is 2. The van der Waals surface area contributed by atoms with E-state index in [1.807, 2.05) is 69.4 Å². The first-order chi connectivity index (χ1) is 37.7. The first-order valence-corrected chi connectivity index (χ1v) is 29.0. The summed E-state index contributed by atoms with van der Waals surface area (Å²) in [5, 5.41) is 11.4. The number of amides is 1. The second-order valence-electron chi connectivity index (χ2n) is 21.8. The number of nitrogens with one attached hydrogen (secondary N) is 2. The third kappa shape index (κ3) is 17.7. The molecule has 4 fully saturated rings. The van der Waals surface area contributed by atoms with Crippen LogP contribution in [-0.2, 0) is 46.2 Å². The van der Waals surface area contributed by atoms with Crippen LogP contribution in [0, 0.1) is 17.8 Å². The van der Waals surface area contributed by atoms with Crippen LogP contribution in [0.5, 0.6) is 5.75 Å². The van der Waals surface area contributed by atoms with E-state index in [-0.39, 0.29) is 35.8 Å². The fraction of sp³-hybridized carbons (Fsp3) is 0.650. The fourth-order valence-corrected chi connectivity index (χ4v) is 11.8. The van der Waals surface area contributed by atoms with Crippen molar-refractivity contribution in [3.05, 3.63) is 84.2 Å². The Morgan fingerprint density at radius 2 is 1.43 bits per heavy atom. The van der Waals surface area contributed by atoms with Crippen LogP contribution in [0.15, 0.2) is 73.1 Å². The highest BCUT2D eigenvalue weighted by atomic mass is 16.6. The second kappa shape index (κ2) is 31.0. The van der Waals surface area contributed by atoms with Crippen LogP contribution in [0.1, 0.15) is 95.1 Å². The van der Waals surface area contributed by atoms with E-state index >= 15 is 0 Å². The van der Waals surface area contributed by atoms with Gasteiger partial charge in [-0.05, 0) is 119 Å². The van der Waals surface area contributed by atoms with Crippen LogP contribution in [0.2, 0.25) is 0 Å². The molecule has 2 aliphatic heterocycles. The molecule has 0 unspecified atom stereocenters. The number of ether oxygens (including phenoxy) is 6. The van der Waals surface area contributed by atoms with Crippen molar-refractivity contribution in [3.63, 3.8) is 0 Å². The summed E-state index contributed by atoms with van der Waals surface area (Å²) in [6.07, 6.45) is 17.1. The average Bonchev–Trinajstić information content (AvgIpc) is 4.11. The van der Waals surface area contributed by atoms with E-state index in [2.05, 4.69) is 66.7 Å². The predicted octanol–water partition coefficient (Wildman–Crippen LogP) is 7.57. The van der Waals surface area contributed by atoms with Gasteiger partial charge < -0.3 is 53.8 Å². The zero-order valence-corrected chi connectivity index (χ0v) is 46.7. The number of fused-ring (bicyclic) bond motifs is 1. The minimum atomic E-state index is -0.222. The molecule has 2 saturated carbocycles. The highest BCUT2D eigenvalue weighted by Crippen LogP contribution is 2.38. The lowest BCUT2D eigenvalue weighted by molar-refractivity contribution is -0.142. The van der Waals surface area contributed by atoms with Gasteiger partial charge in [-0.15, -0.1) is 0 Å². The molecule has 422 valence electrons. The molecule has 0 bridgehead atoms. The molecule has 4 aromatic rings. The summed E-state index contributed by atoms with van der Waals surface area (Å²) in [6, 6.07) is 21.0. The van der Waals surface area contributed by atoms with E-state index in [0.717, 1.165) is 107 Å². The lowest BCUT2D eigenvalue weighted by Crippen LogP contribution is -2.52. The molecular formula is C60H89N9O8. The van der Waals surface area contributed by atoms with Gasteiger partial charge in [0.25, 0.3) is 0 Å². The van der Waals surface area contributed by atoms with E-state index in [9.17, 15) is 9.59 Å². The van der Waals surface area contributed by atoms with Crippen molar-refractivity contribution >= 4 is 23.5 Å². The van der Waals surface area contributed by atoms with Crippen molar-refractivity contribution < 1.29 is 38.0 Å². The molecule has 2 aromatic heterocycles.